The van der Waals surface area contributed by atoms with Gasteiger partial charge in [-0.05, 0) is 43.0 Å². The van der Waals surface area contributed by atoms with Crippen LogP contribution in [0.1, 0.15) is 24.8 Å². The maximum atomic E-state index is 12.3. The quantitative estimate of drug-likeness (QED) is 0.400. The Hall–Kier alpha value is -2.22. The van der Waals surface area contributed by atoms with Crippen molar-refractivity contribution in [2.75, 3.05) is 6.54 Å². The van der Waals surface area contributed by atoms with Gasteiger partial charge in [-0.15, -0.1) is 0 Å². The zero-order valence-corrected chi connectivity index (χ0v) is 13.9. The summed E-state index contributed by atoms with van der Waals surface area (Å²) in [5.74, 6) is -0.684. The highest BCUT2D eigenvalue weighted by Gasteiger charge is 2.13. The minimum Gasteiger partial charge on any atom is -0.288 e. The molecular formula is C17H20N2O4S. The zero-order chi connectivity index (χ0) is 17.4. The Morgan fingerprint density at radius 3 is 2.88 bits per heavy atom. The van der Waals surface area contributed by atoms with Crippen molar-refractivity contribution in [1.29, 1.82) is 0 Å². The molecule has 7 heteroatoms. The van der Waals surface area contributed by atoms with E-state index in [-0.39, 0.29) is 4.90 Å². The summed E-state index contributed by atoms with van der Waals surface area (Å²) in [6.45, 7) is 0.342. The smallest absolute Gasteiger partial charge is 0.267 e. The second kappa shape index (κ2) is 8.58. The first kappa shape index (κ1) is 18.1. The van der Waals surface area contributed by atoms with E-state index in [0.717, 1.165) is 18.9 Å². The molecule has 128 valence electrons. The minimum absolute atomic E-state index is 0.131. The molecule has 0 spiro atoms. The molecule has 0 aromatic heterocycles. The number of allylic oxidation sites excluding steroid dienone is 3. The van der Waals surface area contributed by atoms with Crippen LogP contribution in [0.15, 0.2) is 59.0 Å². The van der Waals surface area contributed by atoms with Gasteiger partial charge in [0.2, 0.25) is 10.0 Å². The van der Waals surface area contributed by atoms with Gasteiger partial charge in [0.15, 0.2) is 0 Å². The van der Waals surface area contributed by atoms with Crippen LogP contribution in [0, 0.1) is 0 Å². The third-order valence-electron chi connectivity index (χ3n) is 3.54. The summed E-state index contributed by atoms with van der Waals surface area (Å²) in [5.41, 5.74) is 3.24. The molecule has 3 N–H and O–H groups in total. The van der Waals surface area contributed by atoms with Gasteiger partial charge in [-0.3, -0.25) is 10.0 Å². The Morgan fingerprint density at radius 2 is 2.17 bits per heavy atom. The van der Waals surface area contributed by atoms with E-state index in [9.17, 15) is 13.2 Å². The van der Waals surface area contributed by atoms with E-state index in [1.165, 1.54) is 29.3 Å². The van der Waals surface area contributed by atoms with Crippen LogP contribution in [0.3, 0.4) is 0 Å². The Balaban J connectivity index is 2.00. The van der Waals surface area contributed by atoms with Crippen LogP contribution in [0.2, 0.25) is 0 Å². The summed E-state index contributed by atoms with van der Waals surface area (Å²) >= 11 is 0. The van der Waals surface area contributed by atoms with E-state index in [2.05, 4.69) is 10.8 Å². The highest BCUT2D eigenvalue weighted by atomic mass is 32.2. The highest BCUT2D eigenvalue weighted by Crippen LogP contribution is 2.16. The fourth-order valence-corrected chi connectivity index (χ4v) is 3.37. The molecule has 1 aliphatic rings. The Bertz CT molecular complexity index is 780. The lowest BCUT2D eigenvalue weighted by molar-refractivity contribution is -0.124. The van der Waals surface area contributed by atoms with Gasteiger partial charge >= 0.3 is 0 Å². The normalized spacial score (nSPS) is 14.6. The first-order chi connectivity index (χ1) is 11.5. The van der Waals surface area contributed by atoms with Crippen molar-refractivity contribution in [2.24, 2.45) is 0 Å². The lowest BCUT2D eigenvalue weighted by Gasteiger charge is -2.10. The van der Waals surface area contributed by atoms with Crippen LogP contribution >= 0.6 is 0 Å². The standard InChI is InChI=1S/C17H20N2O4S/c20-17(19-21)10-9-15-7-4-8-16(13-15)24(22,23)18-12-11-14-5-2-1-3-6-14/h1-2,4-5,7-10,13,18,21H,3,6,11-12H2,(H,19,20)/b10-9+. The largest absolute Gasteiger partial charge is 0.288 e. The molecule has 6 nitrogen and oxygen atoms in total. The van der Waals surface area contributed by atoms with Crippen LogP contribution < -0.4 is 10.2 Å². The van der Waals surface area contributed by atoms with Gasteiger partial charge in [0.1, 0.15) is 0 Å². The minimum atomic E-state index is -3.61. The van der Waals surface area contributed by atoms with Gasteiger partial charge in [-0.25, -0.2) is 18.6 Å². The molecule has 0 aliphatic heterocycles. The molecule has 0 fully saturated rings. The predicted molar refractivity (Wildman–Crippen MR) is 91.7 cm³/mol. The number of rotatable bonds is 7. The average molecular weight is 348 g/mol. The predicted octanol–water partition coefficient (Wildman–Crippen LogP) is 2.15. The van der Waals surface area contributed by atoms with E-state index < -0.39 is 15.9 Å². The SMILES string of the molecule is O=C(/C=C/c1cccc(S(=O)(=O)NCCC2=CC=CCC2)c1)NO. The maximum absolute atomic E-state index is 12.3. The van der Waals surface area contributed by atoms with Crippen LogP contribution in [0.25, 0.3) is 6.08 Å². The summed E-state index contributed by atoms with van der Waals surface area (Å²) in [6, 6.07) is 6.22. The summed E-state index contributed by atoms with van der Waals surface area (Å²) in [7, 11) is -3.61. The molecule has 0 heterocycles. The number of hydrogen-bond donors (Lipinski definition) is 3. The molecule has 0 saturated heterocycles. The Morgan fingerprint density at radius 1 is 1.33 bits per heavy atom. The molecule has 1 amide bonds. The van der Waals surface area contributed by atoms with Crippen molar-refractivity contribution in [3.05, 3.63) is 59.7 Å². The van der Waals surface area contributed by atoms with Crippen molar-refractivity contribution in [3.63, 3.8) is 0 Å². The van der Waals surface area contributed by atoms with Crippen molar-refractivity contribution in [1.82, 2.24) is 10.2 Å². The monoisotopic (exact) mass is 348 g/mol. The maximum Gasteiger partial charge on any atom is 0.267 e. The second-order valence-corrected chi connectivity index (χ2v) is 7.09. The fourth-order valence-electron chi connectivity index (χ4n) is 2.28. The number of amides is 1. The number of hydroxylamine groups is 1. The molecule has 1 aromatic rings. The van der Waals surface area contributed by atoms with Crippen molar-refractivity contribution in [2.45, 2.75) is 24.2 Å². The van der Waals surface area contributed by atoms with Crippen LogP contribution in [0.5, 0.6) is 0 Å². The lowest BCUT2D eigenvalue weighted by Crippen LogP contribution is -2.25. The summed E-state index contributed by atoms with van der Waals surface area (Å²) < 4.78 is 27.3. The summed E-state index contributed by atoms with van der Waals surface area (Å²) in [6.07, 6.45) is 11.3. The number of hydrogen-bond acceptors (Lipinski definition) is 4. The third-order valence-corrected chi connectivity index (χ3v) is 5.00. The van der Waals surface area contributed by atoms with Gasteiger partial charge < -0.3 is 0 Å². The molecule has 1 aromatic carbocycles. The molecule has 0 bridgehead atoms. The molecule has 0 saturated carbocycles. The van der Waals surface area contributed by atoms with E-state index >= 15 is 0 Å². The second-order valence-electron chi connectivity index (χ2n) is 5.32. The van der Waals surface area contributed by atoms with Gasteiger partial charge in [-0.2, -0.15) is 0 Å². The van der Waals surface area contributed by atoms with Gasteiger partial charge in [0, 0.05) is 12.6 Å². The number of nitrogens with one attached hydrogen (secondary N) is 2. The molecule has 2 rings (SSSR count). The molecular weight excluding hydrogens is 328 g/mol. The molecule has 1 aliphatic carbocycles. The first-order valence-electron chi connectivity index (χ1n) is 7.58. The molecule has 0 radical (unpaired) electrons. The van der Waals surface area contributed by atoms with E-state index in [0.29, 0.717) is 18.5 Å². The number of carbonyl (C=O) groups excluding carboxylic acids is 1. The van der Waals surface area contributed by atoms with Gasteiger partial charge in [0.05, 0.1) is 4.90 Å². The van der Waals surface area contributed by atoms with Crippen molar-refractivity contribution < 1.29 is 18.4 Å². The number of sulfonamides is 1. The topological polar surface area (TPSA) is 95.5 Å². The average Bonchev–Trinajstić information content (AvgIpc) is 2.60. The zero-order valence-electron chi connectivity index (χ0n) is 13.1. The number of carbonyl (C=O) groups is 1. The third kappa shape index (κ3) is 5.45. The summed E-state index contributed by atoms with van der Waals surface area (Å²) in [4.78, 5) is 11.1. The van der Waals surface area contributed by atoms with Crippen molar-refractivity contribution >= 4 is 22.0 Å². The van der Waals surface area contributed by atoms with Crippen LogP contribution in [-0.4, -0.2) is 26.1 Å². The Labute approximate surface area is 141 Å². The molecule has 24 heavy (non-hydrogen) atoms. The number of benzene rings is 1. The first-order valence-corrected chi connectivity index (χ1v) is 9.06. The molecule has 0 atom stereocenters. The molecule has 0 unspecified atom stereocenters. The fraction of sp³-hybridized carbons (Fsp3) is 0.235. The van der Waals surface area contributed by atoms with Crippen LogP contribution in [-0.2, 0) is 14.8 Å². The lowest BCUT2D eigenvalue weighted by atomic mass is 10.0. The van der Waals surface area contributed by atoms with Gasteiger partial charge in [0.25, 0.3) is 5.91 Å². The van der Waals surface area contributed by atoms with Gasteiger partial charge in [-0.1, -0.05) is 35.9 Å². The van der Waals surface area contributed by atoms with E-state index in [1.807, 2.05) is 12.2 Å². The van der Waals surface area contributed by atoms with Crippen molar-refractivity contribution in [3.8, 4) is 0 Å². The highest BCUT2D eigenvalue weighted by molar-refractivity contribution is 7.89. The van der Waals surface area contributed by atoms with Crippen LogP contribution in [0.4, 0.5) is 0 Å². The summed E-state index contributed by atoms with van der Waals surface area (Å²) in [5, 5.41) is 8.44. The van der Waals surface area contributed by atoms with E-state index in [1.54, 1.807) is 12.1 Å². The van der Waals surface area contributed by atoms with E-state index in [4.69, 9.17) is 5.21 Å². The Kier molecular flexibility index (Phi) is 6.48.